The van der Waals surface area contributed by atoms with Gasteiger partial charge >= 0.3 is 0 Å². The Morgan fingerprint density at radius 3 is 2.50 bits per heavy atom. The molecule has 0 atom stereocenters. The molecule has 0 amide bonds. The van der Waals surface area contributed by atoms with Gasteiger partial charge in [0.1, 0.15) is 0 Å². The van der Waals surface area contributed by atoms with Crippen LogP contribution in [0.5, 0.6) is 0 Å². The summed E-state index contributed by atoms with van der Waals surface area (Å²) in [5, 5.41) is 2.32. The quantitative estimate of drug-likeness (QED) is 0.556. The van der Waals surface area contributed by atoms with Gasteiger partial charge in [0.2, 0.25) is 0 Å². The van der Waals surface area contributed by atoms with Crippen LogP contribution in [0.15, 0.2) is 64.5 Å². The van der Waals surface area contributed by atoms with Crippen molar-refractivity contribution >= 4 is 33.0 Å². The Bertz CT molecular complexity index is 777. The fourth-order valence-corrected chi connectivity index (χ4v) is 4.37. The van der Waals surface area contributed by atoms with E-state index in [1.807, 2.05) is 11.3 Å². The van der Waals surface area contributed by atoms with E-state index in [-0.39, 0.29) is 0 Å². The van der Waals surface area contributed by atoms with Gasteiger partial charge in [-0.2, -0.15) is 0 Å². The van der Waals surface area contributed by atoms with Crippen LogP contribution < -0.4 is 4.90 Å². The monoisotopic (exact) mass is 369 g/mol. The summed E-state index contributed by atoms with van der Waals surface area (Å²) in [7, 11) is 0. The molecule has 0 spiro atoms. The lowest BCUT2D eigenvalue weighted by Gasteiger charge is -2.30. The molecule has 0 saturated carbocycles. The summed E-state index contributed by atoms with van der Waals surface area (Å²) in [5.41, 5.74) is 5.55. The van der Waals surface area contributed by atoms with Crippen LogP contribution in [0.2, 0.25) is 0 Å². The molecule has 0 N–H and O–H groups in total. The van der Waals surface area contributed by atoms with Crippen LogP contribution in [-0.4, -0.2) is 6.54 Å². The van der Waals surface area contributed by atoms with Crippen LogP contribution in [0.4, 0.5) is 5.69 Å². The van der Waals surface area contributed by atoms with E-state index in [0.717, 1.165) is 24.0 Å². The molecule has 0 radical (unpaired) electrons. The predicted molar refractivity (Wildman–Crippen MR) is 98.7 cm³/mol. The van der Waals surface area contributed by atoms with E-state index >= 15 is 0 Å². The maximum atomic E-state index is 3.51. The lowest BCUT2D eigenvalue weighted by molar-refractivity contribution is 0.745. The number of benzene rings is 2. The average Bonchev–Trinajstić information content (AvgIpc) is 2.99. The Balaban J connectivity index is 1.68. The van der Waals surface area contributed by atoms with E-state index in [2.05, 4.69) is 80.8 Å². The third-order valence-corrected chi connectivity index (χ3v) is 5.83. The first-order valence-electron chi connectivity index (χ1n) is 7.46. The Morgan fingerprint density at radius 2 is 1.73 bits per heavy atom. The van der Waals surface area contributed by atoms with Crippen molar-refractivity contribution in [1.82, 2.24) is 0 Å². The molecule has 0 bridgehead atoms. The van der Waals surface area contributed by atoms with Gasteiger partial charge in [-0.05, 0) is 52.8 Å². The van der Waals surface area contributed by atoms with Crippen molar-refractivity contribution in [1.29, 1.82) is 0 Å². The smallest absolute Gasteiger partial charge is 0.0446 e. The zero-order valence-corrected chi connectivity index (χ0v) is 14.5. The van der Waals surface area contributed by atoms with Crippen LogP contribution in [0.3, 0.4) is 0 Å². The molecule has 1 nitrogen and oxygen atoms in total. The van der Waals surface area contributed by atoms with Gasteiger partial charge < -0.3 is 4.90 Å². The van der Waals surface area contributed by atoms with Crippen molar-refractivity contribution in [3.8, 4) is 11.1 Å². The first-order chi connectivity index (χ1) is 10.8. The number of hydrogen-bond donors (Lipinski definition) is 0. The summed E-state index contributed by atoms with van der Waals surface area (Å²) in [6, 6.07) is 19.4. The van der Waals surface area contributed by atoms with E-state index < -0.39 is 0 Å². The van der Waals surface area contributed by atoms with Crippen molar-refractivity contribution < 1.29 is 0 Å². The van der Waals surface area contributed by atoms with Gasteiger partial charge in [-0.3, -0.25) is 0 Å². The maximum Gasteiger partial charge on any atom is 0.0446 e. The van der Waals surface area contributed by atoms with Crippen LogP contribution in [0, 0.1) is 0 Å². The first-order valence-corrected chi connectivity index (χ1v) is 9.14. The number of halogens is 1. The molecule has 2 aromatic carbocycles. The molecule has 0 aliphatic carbocycles. The Labute approximate surface area is 143 Å². The number of thiophene rings is 1. The van der Waals surface area contributed by atoms with Crippen LogP contribution in [0.25, 0.3) is 11.1 Å². The third-order valence-electron chi connectivity index (χ3n) is 4.22. The zero-order valence-electron chi connectivity index (χ0n) is 12.1. The second-order valence-corrected chi connectivity index (χ2v) is 7.44. The number of nitrogens with zero attached hydrogens (tertiary/aromatic N) is 1. The highest BCUT2D eigenvalue weighted by Gasteiger charge is 2.21. The summed E-state index contributed by atoms with van der Waals surface area (Å²) >= 11 is 5.43. The largest absolute Gasteiger partial charge is 0.367 e. The molecule has 2 heterocycles. The van der Waals surface area contributed by atoms with Crippen molar-refractivity contribution in [2.45, 2.75) is 13.0 Å². The van der Waals surface area contributed by atoms with Crippen molar-refractivity contribution in [2.24, 2.45) is 0 Å². The van der Waals surface area contributed by atoms with Gasteiger partial charge in [-0.1, -0.05) is 46.3 Å². The number of rotatable bonds is 2. The molecule has 1 aliphatic heterocycles. The fourth-order valence-electron chi connectivity index (χ4n) is 3.04. The van der Waals surface area contributed by atoms with Gasteiger partial charge in [-0.15, -0.1) is 11.3 Å². The minimum atomic E-state index is 1.00. The second kappa shape index (κ2) is 5.90. The van der Waals surface area contributed by atoms with Crippen LogP contribution in [-0.2, 0) is 13.0 Å². The van der Waals surface area contributed by atoms with Crippen molar-refractivity contribution in [3.05, 3.63) is 74.9 Å². The van der Waals surface area contributed by atoms with Gasteiger partial charge in [-0.25, -0.2) is 0 Å². The van der Waals surface area contributed by atoms with Crippen molar-refractivity contribution in [3.63, 3.8) is 0 Å². The number of hydrogen-bond acceptors (Lipinski definition) is 2. The highest BCUT2D eigenvalue weighted by atomic mass is 79.9. The van der Waals surface area contributed by atoms with E-state index in [4.69, 9.17) is 0 Å². The minimum absolute atomic E-state index is 1.00. The topological polar surface area (TPSA) is 3.24 Å². The van der Waals surface area contributed by atoms with Gasteiger partial charge in [0.25, 0.3) is 0 Å². The predicted octanol–water partition coefficient (Wildman–Crippen LogP) is 5.74. The lowest BCUT2D eigenvalue weighted by atomic mass is 9.99. The summed E-state index contributed by atoms with van der Waals surface area (Å²) in [6.45, 7) is 2.11. The molecule has 0 unspecified atom stereocenters. The minimum Gasteiger partial charge on any atom is -0.367 e. The Morgan fingerprint density at radius 1 is 0.955 bits per heavy atom. The molecule has 0 saturated heterocycles. The van der Waals surface area contributed by atoms with Gasteiger partial charge in [0.15, 0.2) is 0 Å². The summed E-state index contributed by atoms with van der Waals surface area (Å²) in [6.07, 6.45) is 1.14. The Kier molecular flexibility index (Phi) is 3.77. The third kappa shape index (κ3) is 2.59. The molecule has 1 aromatic heterocycles. The molecule has 110 valence electrons. The molecular formula is C19H16BrNS. The first kappa shape index (κ1) is 14.0. The zero-order chi connectivity index (χ0) is 14.9. The maximum absolute atomic E-state index is 3.51. The SMILES string of the molecule is Brc1ccc(N2CCc3scc(-c4ccccc4)c3C2)cc1. The second-order valence-electron chi connectivity index (χ2n) is 5.57. The molecule has 1 aliphatic rings. The normalized spacial score (nSPS) is 14.0. The highest BCUT2D eigenvalue weighted by Crippen LogP contribution is 2.36. The standard InChI is InChI=1S/C19H16BrNS/c20-15-6-8-16(9-7-15)21-11-10-19-17(12-21)18(13-22-19)14-4-2-1-3-5-14/h1-9,13H,10-12H2. The van der Waals surface area contributed by atoms with E-state index in [1.54, 1.807) is 4.88 Å². The number of anilines is 1. The van der Waals surface area contributed by atoms with Crippen LogP contribution >= 0.6 is 27.3 Å². The Hall–Kier alpha value is -1.58. The lowest BCUT2D eigenvalue weighted by Crippen LogP contribution is -2.29. The van der Waals surface area contributed by atoms with E-state index in [1.165, 1.54) is 22.4 Å². The summed E-state index contributed by atoms with van der Waals surface area (Å²) in [4.78, 5) is 4.03. The summed E-state index contributed by atoms with van der Waals surface area (Å²) in [5.74, 6) is 0. The molecule has 3 aromatic rings. The average molecular weight is 370 g/mol. The summed E-state index contributed by atoms with van der Waals surface area (Å²) < 4.78 is 1.13. The molecular weight excluding hydrogens is 354 g/mol. The van der Waals surface area contributed by atoms with E-state index in [0.29, 0.717) is 0 Å². The van der Waals surface area contributed by atoms with E-state index in [9.17, 15) is 0 Å². The highest BCUT2D eigenvalue weighted by molar-refractivity contribution is 9.10. The molecule has 22 heavy (non-hydrogen) atoms. The molecule has 3 heteroatoms. The van der Waals surface area contributed by atoms with Crippen molar-refractivity contribution in [2.75, 3.05) is 11.4 Å². The fraction of sp³-hybridized carbons (Fsp3) is 0.158. The molecule has 0 fully saturated rings. The van der Waals surface area contributed by atoms with Gasteiger partial charge in [0, 0.05) is 28.1 Å². The van der Waals surface area contributed by atoms with Gasteiger partial charge in [0.05, 0.1) is 0 Å². The molecule has 4 rings (SSSR count). The number of fused-ring (bicyclic) bond motifs is 1. The van der Waals surface area contributed by atoms with Crippen LogP contribution in [0.1, 0.15) is 10.4 Å².